The minimum Gasteiger partial charge on any atom is -0.320 e. The molecule has 0 bridgehead atoms. The Morgan fingerprint density at radius 1 is 1.24 bits per heavy atom. The van der Waals surface area contributed by atoms with Crippen LogP contribution in [0.5, 0.6) is 0 Å². The molecule has 3 rings (SSSR count). The lowest BCUT2D eigenvalue weighted by molar-refractivity contribution is -0.144. The molecular formula is C21H14F3N9O. The van der Waals surface area contributed by atoms with E-state index in [4.69, 9.17) is 10.7 Å². The van der Waals surface area contributed by atoms with Gasteiger partial charge in [0.25, 0.3) is 5.91 Å². The summed E-state index contributed by atoms with van der Waals surface area (Å²) >= 11 is 0. The molecule has 3 aromatic rings. The first-order valence-electron chi connectivity index (χ1n) is 9.38. The van der Waals surface area contributed by atoms with Crippen LogP contribution < -0.4 is 10.7 Å². The minimum absolute atomic E-state index is 0.0225. The van der Waals surface area contributed by atoms with Gasteiger partial charge in [0.15, 0.2) is 11.5 Å². The monoisotopic (exact) mass is 465 g/mol. The van der Waals surface area contributed by atoms with Crippen molar-refractivity contribution in [2.75, 3.05) is 10.7 Å². The molecule has 34 heavy (non-hydrogen) atoms. The van der Waals surface area contributed by atoms with Crippen LogP contribution >= 0.6 is 0 Å². The lowest BCUT2D eigenvalue weighted by Gasteiger charge is -2.13. The molecular weight excluding hydrogens is 451 g/mol. The second-order valence-electron chi connectivity index (χ2n) is 6.62. The number of rotatable bonds is 7. The molecule has 170 valence electrons. The van der Waals surface area contributed by atoms with Crippen molar-refractivity contribution in [1.29, 1.82) is 15.9 Å². The van der Waals surface area contributed by atoms with Crippen molar-refractivity contribution in [1.82, 2.24) is 14.8 Å². The number of carbonyl (C=O) groups is 1. The van der Waals surface area contributed by atoms with Crippen LogP contribution in [0.25, 0.3) is 0 Å². The van der Waals surface area contributed by atoms with Crippen LogP contribution in [0, 0.1) is 28.1 Å². The van der Waals surface area contributed by atoms with Gasteiger partial charge in [-0.3, -0.25) is 14.9 Å². The Hall–Kier alpha value is -5.04. The van der Waals surface area contributed by atoms with Crippen molar-refractivity contribution in [3.63, 3.8) is 0 Å². The van der Waals surface area contributed by atoms with Crippen molar-refractivity contribution in [3.05, 3.63) is 70.7 Å². The number of anilines is 2. The molecule has 0 fully saturated rings. The Morgan fingerprint density at radius 2 is 2.03 bits per heavy atom. The average Bonchev–Trinajstić information content (AvgIpc) is 3.24. The molecule has 3 N–H and O–H groups in total. The van der Waals surface area contributed by atoms with E-state index in [0.717, 1.165) is 24.8 Å². The van der Waals surface area contributed by atoms with Crippen molar-refractivity contribution in [2.24, 2.45) is 5.10 Å². The van der Waals surface area contributed by atoms with E-state index in [-0.39, 0.29) is 29.2 Å². The third kappa shape index (κ3) is 5.41. The van der Waals surface area contributed by atoms with Crippen molar-refractivity contribution < 1.29 is 18.0 Å². The Balaban J connectivity index is 1.89. The standard InChI is InChI=1S/C21H14F3N9O/c22-21(23,24)18-17(11-30-33(18)12-14-3-1-2-13(6-14)8-26)20(34)31-16-7-15(9-27)19(28-10-16)32-29-5-4-25/h1-7,10-11,25H,12H2,(H,28,32)(H,31,34)/b25-4?,29-5-. The van der Waals surface area contributed by atoms with E-state index in [9.17, 15) is 23.2 Å². The number of nitrogens with one attached hydrogen (secondary N) is 3. The molecule has 0 aliphatic carbocycles. The smallest absolute Gasteiger partial charge is 0.320 e. The first-order chi connectivity index (χ1) is 16.3. The Bertz CT molecular complexity index is 1350. The van der Waals surface area contributed by atoms with Gasteiger partial charge in [0.2, 0.25) is 0 Å². The van der Waals surface area contributed by atoms with E-state index in [1.807, 2.05) is 12.1 Å². The zero-order valence-corrected chi connectivity index (χ0v) is 17.1. The number of nitriles is 2. The normalized spacial score (nSPS) is 11.0. The molecule has 0 saturated heterocycles. The number of carbonyl (C=O) groups excluding carboxylic acids is 1. The van der Waals surface area contributed by atoms with Gasteiger partial charge in [-0.1, -0.05) is 12.1 Å². The summed E-state index contributed by atoms with van der Waals surface area (Å²) in [6.07, 6.45) is -0.969. The SMILES string of the molecule is N#Cc1cccc(Cn2ncc(C(=O)Nc3cnc(N/N=C\C=N)c(C#N)c3)c2C(F)(F)F)c1. The number of nitrogens with zero attached hydrogens (tertiary/aromatic N) is 6. The van der Waals surface area contributed by atoms with E-state index in [2.05, 4.69) is 25.9 Å². The number of pyridine rings is 1. The fourth-order valence-corrected chi connectivity index (χ4v) is 2.92. The highest BCUT2D eigenvalue weighted by Gasteiger charge is 2.40. The van der Waals surface area contributed by atoms with E-state index in [0.29, 0.717) is 10.2 Å². The van der Waals surface area contributed by atoms with Crippen LogP contribution in [0.4, 0.5) is 24.7 Å². The number of hydrogen-bond acceptors (Lipinski definition) is 8. The number of benzene rings is 1. The molecule has 0 radical (unpaired) electrons. The van der Waals surface area contributed by atoms with Crippen molar-refractivity contribution in [2.45, 2.75) is 12.7 Å². The van der Waals surface area contributed by atoms with E-state index in [1.165, 1.54) is 24.3 Å². The quantitative estimate of drug-likeness (QED) is 0.359. The second kappa shape index (κ2) is 10.1. The highest BCUT2D eigenvalue weighted by molar-refractivity contribution is 6.14. The molecule has 1 aromatic carbocycles. The van der Waals surface area contributed by atoms with Crippen LogP contribution in [-0.4, -0.2) is 33.1 Å². The highest BCUT2D eigenvalue weighted by Crippen LogP contribution is 2.33. The molecule has 0 spiro atoms. The van der Waals surface area contributed by atoms with Gasteiger partial charge in [0.05, 0.1) is 53.6 Å². The fourth-order valence-electron chi connectivity index (χ4n) is 2.92. The number of aromatic nitrogens is 3. The lowest BCUT2D eigenvalue weighted by atomic mass is 10.1. The maximum atomic E-state index is 13.8. The molecule has 0 aliphatic rings. The van der Waals surface area contributed by atoms with Crippen LogP contribution in [0.1, 0.15) is 32.7 Å². The topological polar surface area (TPSA) is 156 Å². The zero-order valence-electron chi connectivity index (χ0n) is 17.1. The number of hydrogen-bond donors (Lipinski definition) is 3. The maximum absolute atomic E-state index is 13.8. The van der Waals surface area contributed by atoms with Crippen molar-refractivity contribution in [3.8, 4) is 12.1 Å². The van der Waals surface area contributed by atoms with E-state index in [1.54, 1.807) is 6.07 Å². The summed E-state index contributed by atoms with van der Waals surface area (Å²) in [6.45, 7) is -0.311. The predicted molar refractivity (Wildman–Crippen MR) is 115 cm³/mol. The Labute approximate surface area is 190 Å². The lowest BCUT2D eigenvalue weighted by Crippen LogP contribution is -2.21. The van der Waals surface area contributed by atoms with Gasteiger partial charge in [-0.05, 0) is 23.8 Å². The van der Waals surface area contributed by atoms with Crippen LogP contribution in [0.3, 0.4) is 0 Å². The maximum Gasteiger partial charge on any atom is 0.433 e. The van der Waals surface area contributed by atoms with Crippen LogP contribution in [0.15, 0.2) is 47.8 Å². The number of alkyl halides is 3. The van der Waals surface area contributed by atoms with Gasteiger partial charge in [0, 0.05) is 6.21 Å². The van der Waals surface area contributed by atoms with Crippen LogP contribution in [-0.2, 0) is 12.7 Å². The molecule has 10 nitrogen and oxygen atoms in total. The predicted octanol–water partition coefficient (Wildman–Crippen LogP) is 3.39. The van der Waals surface area contributed by atoms with Crippen LogP contribution in [0.2, 0.25) is 0 Å². The molecule has 13 heteroatoms. The number of hydrazone groups is 1. The largest absolute Gasteiger partial charge is 0.433 e. The van der Waals surface area contributed by atoms with Gasteiger partial charge >= 0.3 is 6.18 Å². The summed E-state index contributed by atoms with van der Waals surface area (Å²) in [6, 6.07) is 11.0. The molecule has 2 aromatic heterocycles. The summed E-state index contributed by atoms with van der Waals surface area (Å²) in [4.78, 5) is 16.6. The zero-order chi connectivity index (χ0) is 24.7. The summed E-state index contributed by atoms with van der Waals surface area (Å²) in [5.41, 5.74) is 1.06. The Kier molecular flexibility index (Phi) is 6.98. The minimum atomic E-state index is -4.90. The first kappa shape index (κ1) is 23.6. The number of halogens is 3. The molecule has 0 aliphatic heterocycles. The summed E-state index contributed by atoms with van der Waals surface area (Å²) in [5.74, 6) is -1.07. The third-order valence-corrected chi connectivity index (χ3v) is 4.33. The van der Waals surface area contributed by atoms with Gasteiger partial charge < -0.3 is 10.7 Å². The number of amides is 1. The molecule has 0 unspecified atom stereocenters. The summed E-state index contributed by atoms with van der Waals surface area (Å²) in [7, 11) is 0. The van der Waals surface area contributed by atoms with Crippen molar-refractivity contribution >= 4 is 29.8 Å². The molecule has 0 saturated carbocycles. The highest BCUT2D eigenvalue weighted by atomic mass is 19.4. The van der Waals surface area contributed by atoms with E-state index < -0.39 is 23.3 Å². The summed E-state index contributed by atoms with van der Waals surface area (Å²) in [5, 5.41) is 34.7. The molecule has 1 amide bonds. The molecule has 2 heterocycles. The Morgan fingerprint density at radius 3 is 2.71 bits per heavy atom. The fraction of sp³-hybridized carbons (Fsp3) is 0.0952. The van der Waals surface area contributed by atoms with Gasteiger partial charge in [-0.25, -0.2) is 4.98 Å². The summed E-state index contributed by atoms with van der Waals surface area (Å²) < 4.78 is 42.1. The third-order valence-electron chi connectivity index (χ3n) is 4.33. The van der Waals surface area contributed by atoms with Gasteiger partial charge in [-0.2, -0.15) is 33.9 Å². The average molecular weight is 465 g/mol. The van der Waals surface area contributed by atoms with Gasteiger partial charge in [0.1, 0.15) is 6.07 Å². The molecule has 0 atom stereocenters. The van der Waals surface area contributed by atoms with Gasteiger partial charge in [-0.15, -0.1) is 0 Å². The van der Waals surface area contributed by atoms with E-state index >= 15 is 0 Å². The second-order valence-corrected chi connectivity index (χ2v) is 6.62. The first-order valence-corrected chi connectivity index (χ1v) is 9.38.